The fourth-order valence-corrected chi connectivity index (χ4v) is 1.92. The van der Waals surface area contributed by atoms with Crippen molar-refractivity contribution in [3.63, 3.8) is 0 Å². The molecule has 0 aliphatic carbocycles. The lowest BCUT2D eigenvalue weighted by atomic mass is 10.1. The van der Waals surface area contributed by atoms with E-state index in [9.17, 15) is 0 Å². The number of rotatable bonds is 5. The molecule has 0 bridgehead atoms. The molecule has 0 fully saturated rings. The summed E-state index contributed by atoms with van der Waals surface area (Å²) in [6.45, 7) is 4.21. The number of nitrogens with one attached hydrogen (secondary N) is 1. The van der Waals surface area contributed by atoms with E-state index in [0.717, 1.165) is 5.69 Å². The van der Waals surface area contributed by atoms with Crippen molar-refractivity contribution in [2.24, 2.45) is 0 Å². The number of aliphatic hydroxyl groups excluding tert-OH is 1. The van der Waals surface area contributed by atoms with Crippen molar-refractivity contribution in [2.75, 3.05) is 6.61 Å². The summed E-state index contributed by atoms with van der Waals surface area (Å²) < 4.78 is 1.97. The summed E-state index contributed by atoms with van der Waals surface area (Å²) in [5.41, 5.74) is 2.30. The predicted molar refractivity (Wildman–Crippen MR) is 71.7 cm³/mol. The van der Waals surface area contributed by atoms with Crippen LogP contribution in [-0.2, 0) is 0 Å². The Kier molecular flexibility index (Phi) is 4.12. The van der Waals surface area contributed by atoms with Crippen molar-refractivity contribution in [1.29, 1.82) is 0 Å². The Hall–Kier alpha value is -1.65. The molecule has 0 aliphatic heterocycles. The molecule has 0 saturated heterocycles. The van der Waals surface area contributed by atoms with E-state index in [2.05, 4.69) is 41.5 Å². The van der Waals surface area contributed by atoms with Gasteiger partial charge in [0, 0.05) is 30.2 Å². The van der Waals surface area contributed by atoms with Gasteiger partial charge in [0.15, 0.2) is 0 Å². The minimum Gasteiger partial charge on any atom is -0.395 e. The highest BCUT2D eigenvalue weighted by atomic mass is 16.3. The fourth-order valence-electron chi connectivity index (χ4n) is 1.92. The fraction of sp³-hybridized carbons (Fsp3) is 0.357. The van der Waals surface area contributed by atoms with E-state index in [1.165, 1.54) is 5.56 Å². The third-order valence-electron chi connectivity index (χ3n) is 3.00. The van der Waals surface area contributed by atoms with Crippen LogP contribution < -0.4 is 5.32 Å². The summed E-state index contributed by atoms with van der Waals surface area (Å²) in [7, 11) is 0. The Balaban J connectivity index is 2.08. The van der Waals surface area contributed by atoms with Crippen molar-refractivity contribution >= 4 is 0 Å². The topological polar surface area (TPSA) is 50.1 Å². The molecule has 4 heteroatoms. The molecule has 0 spiro atoms. The van der Waals surface area contributed by atoms with Crippen LogP contribution in [0, 0.1) is 0 Å². The van der Waals surface area contributed by atoms with E-state index >= 15 is 0 Å². The van der Waals surface area contributed by atoms with Gasteiger partial charge in [-0.05, 0) is 31.5 Å². The number of nitrogens with zero attached hydrogens (tertiary/aromatic N) is 2. The summed E-state index contributed by atoms with van der Waals surface area (Å²) in [6.07, 6.45) is 5.47. The van der Waals surface area contributed by atoms with Gasteiger partial charge in [0.2, 0.25) is 0 Å². The second-order valence-corrected chi connectivity index (χ2v) is 4.53. The zero-order valence-electron chi connectivity index (χ0n) is 10.7. The van der Waals surface area contributed by atoms with Gasteiger partial charge in [-0.3, -0.25) is 0 Å². The molecule has 0 radical (unpaired) electrons. The standard InChI is InChI=1S/C14H19N3O/c1-11(9-18)16-12(2)13-3-5-14(6-4-13)17-8-7-15-10-17/h3-8,10-12,16,18H,9H2,1-2H3/t11-,12?/m1/s1. The number of benzene rings is 1. The van der Waals surface area contributed by atoms with Gasteiger partial charge in [-0.15, -0.1) is 0 Å². The van der Waals surface area contributed by atoms with Gasteiger partial charge in [-0.25, -0.2) is 4.98 Å². The van der Waals surface area contributed by atoms with Crippen molar-refractivity contribution in [1.82, 2.24) is 14.9 Å². The summed E-state index contributed by atoms with van der Waals surface area (Å²) >= 11 is 0. The molecule has 1 heterocycles. The number of aromatic nitrogens is 2. The number of hydrogen-bond donors (Lipinski definition) is 2. The van der Waals surface area contributed by atoms with Crippen LogP contribution in [0.2, 0.25) is 0 Å². The third kappa shape index (κ3) is 2.97. The van der Waals surface area contributed by atoms with Gasteiger partial charge in [0.05, 0.1) is 12.9 Å². The average molecular weight is 245 g/mol. The van der Waals surface area contributed by atoms with Gasteiger partial charge in [-0.2, -0.15) is 0 Å². The molecule has 1 aromatic carbocycles. The Morgan fingerprint density at radius 2 is 2.00 bits per heavy atom. The van der Waals surface area contributed by atoms with Crippen LogP contribution in [0.3, 0.4) is 0 Å². The maximum Gasteiger partial charge on any atom is 0.0991 e. The SMILES string of the molecule is CC(N[C@H](C)CO)c1ccc(-n2ccnc2)cc1. The normalized spacial score (nSPS) is 14.4. The largest absolute Gasteiger partial charge is 0.395 e. The monoisotopic (exact) mass is 245 g/mol. The maximum absolute atomic E-state index is 9.03. The minimum absolute atomic E-state index is 0.105. The first-order valence-corrected chi connectivity index (χ1v) is 6.16. The third-order valence-corrected chi connectivity index (χ3v) is 3.00. The average Bonchev–Trinajstić information content (AvgIpc) is 2.92. The molecule has 0 amide bonds. The zero-order chi connectivity index (χ0) is 13.0. The molecule has 96 valence electrons. The van der Waals surface area contributed by atoms with Crippen LogP contribution in [0.5, 0.6) is 0 Å². The molecule has 2 N–H and O–H groups in total. The molecule has 2 aromatic rings. The molecule has 1 aromatic heterocycles. The highest BCUT2D eigenvalue weighted by Crippen LogP contribution is 2.16. The Morgan fingerprint density at radius 1 is 1.28 bits per heavy atom. The highest BCUT2D eigenvalue weighted by molar-refractivity contribution is 5.35. The predicted octanol–water partition coefficient (Wildman–Crippen LogP) is 1.90. The van der Waals surface area contributed by atoms with Crippen LogP contribution in [0.15, 0.2) is 43.0 Å². The summed E-state index contributed by atoms with van der Waals surface area (Å²) in [5, 5.41) is 12.4. The Bertz CT molecular complexity index is 464. The summed E-state index contributed by atoms with van der Waals surface area (Å²) in [5.74, 6) is 0. The first-order chi connectivity index (χ1) is 8.70. The van der Waals surface area contributed by atoms with E-state index in [-0.39, 0.29) is 18.7 Å². The van der Waals surface area contributed by atoms with Crippen LogP contribution in [0.4, 0.5) is 0 Å². The molecular formula is C14H19N3O. The lowest BCUT2D eigenvalue weighted by molar-refractivity contribution is 0.243. The lowest BCUT2D eigenvalue weighted by Gasteiger charge is -2.19. The van der Waals surface area contributed by atoms with Crippen LogP contribution in [-0.4, -0.2) is 27.3 Å². The molecule has 1 unspecified atom stereocenters. The van der Waals surface area contributed by atoms with Gasteiger partial charge < -0.3 is 15.0 Å². The first-order valence-electron chi connectivity index (χ1n) is 6.16. The Morgan fingerprint density at radius 3 is 2.56 bits per heavy atom. The van der Waals surface area contributed by atoms with Gasteiger partial charge in [0.25, 0.3) is 0 Å². The van der Waals surface area contributed by atoms with E-state index in [1.807, 2.05) is 17.7 Å². The second kappa shape index (κ2) is 5.80. The minimum atomic E-state index is 0.105. The maximum atomic E-state index is 9.03. The lowest BCUT2D eigenvalue weighted by Crippen LogP contribution is -2.31. The van der Waals surface area contributed by atoms with E-state index < -0.39 is 0 Å². The van der Waals surface area contributed by atoms with Crippen molar-refractivity contribution in [2.45, 2.75) is 25.9 Å². The van der Waals surface area contributed by atoms with Gasteiger partial charge in [0.1, 0.15) is 0 Å². The van der Waals surface area contributed by atoms with Crippen molar-refractivity contribution in [3.05, 3.63) is 48.5 Å². The zero-order valence-corrected chi connectivity index (χ0v) is 10.7. The van der Waals surface area contributed by atoms with Crippen molar-refractivity contribution in [3.8, 4) is 5.69 Å². The Labute approximate surface area is 107 Å². The number of hydrogen-bond acceptors (Lipinski definition) is 3. The van der Waals surface area contributed by atoms with E-state index in [1.54, 1.807) is 12.5 Å². The number of aliphatic hydroxyl groups is 1. The van der Waals surface area contributed by atoms with Crippen LogP contribution >= 0.6 is 0 Å². The smallest absolute Gasteiger partial charge is 0.0991 e. The molecule has 0 aliphatic rings. The van der Waals surface area contributed by atoms with Crippen molar-refractivity contribution < 1.29 is 5.11 Å². The summed E-state index contributed by atoms with van der Waals surface area (Å²) in [4.78, 5) is 4.03. The molecule has 2 atom stereocenters. The molecule has 2 rings (SSSR count). The van der Waals surface area contributed by atoms with Gasteiger partial charge >= 0.3 is 0 Å². The molecule has 0 saturated carbocycles. The highest BCUT2D eigenvalue weighted by Gasteiger charge is 2.08. The van der Waals surface area contributed by atoms with E-state index in [4.69, 9.17) is 5.11 Å². The quantitative estimate of drug-likeness (QED) is 0.846. The first kappa shape index (κ1) is 12.8. The van der Waals surface area contributed by atoms with Crippen LogP contribution in [0.1, 0.15) is 25.5 Å². The van der Waals surface area contributed by atoms with Crippen LogP contribution in [0.25, 0.3) is 5.69 Å². The second-order valence-electron chi connectivity index (χ2n) is 4.53. The summed E-state index contributed by atoms with van der Waals surface area (Å²) in [6, 6.07) is 8.66. The van der Waals surface area contributed by atoms with E-state index in [0.29, 0.717) is 0 Å². The van der Waals surface area contributed by atoms with Gasteiger partial charge in [-0.1, -0.05) is 12.1 Å². The molecule has 4 nitrogen and oxygen atoms in total. The number of imidazole rings is 1. The molecule has 18 heavy (non-hydrogen) atoms. The molecular weight excluding hydrogens is 226 g/mol.